The van der Waals surface area contributed by atoms with Crippen LogP contribution in [0.15, 0.2) is 11.3 Å². The highest BCUT2D eigenvalue weighted by atomic mass is 15.1. The van der Waals surface area contributed by atoms with Gasteiger partial charge in [0.25, 0.3) is 0 Å². The third-order valence-electron chi connectivity index (χ3n) is 2.82. The molecule has 2 nitrogen and oxygen atoms in total. The SMILES string of the molecule is CCN/C(C)=C(/C)C(C)N(C)CC. The third kappa shape index (κ3) is 3.81. The van der Waals surface area contributed by atoms with Crippen molar-refractivity contribution in [2.45, 2.75) is 40.7 Å². The van der Waals surface area contributed by atoms with Crippen LogP contribution in [0.3, 0.4) is 0 Å². The van der Waals surface area contributed by atoms with Gasteiger partial charge in [-0.15, -0.1) is 0 Å². The minimum atomic E-state index is 0.532. The van der Waals surface area contributed by atoms with Gasteiger partial charge in [-0.1, -0.05) is 6.92 Å². The molecule has 1 atom stereocenters. The van der Waals surface area contributed by atoms with Crippen LogP contribution < -0.4 is 5.32 Å². The van der Waals surface area contributed by atoms with Crippen LogP contribution in [0.2, 0.25) is 0 Å². The van der Waals surface area contributed by atoms with Crippen molar-refractivity contribution in [2.75, 3.05) is 20.1 Å². The fourth-order valence-electron chi connectivity index (χ4n) is 1.32. The molecule has 0 rings (SSSR count). The van der Waals surface area contributed by atoms with E-state index in [1.54, 1.807) is 0 Å². The number of hydrogen-bond donors (Lipinski definition) is 1. The van der Waals surface area contributed by atoms with Crippen LogP contribution in [0.4, 0.5) is 0 Å². The summed E-state index contributed by atoms with van der Waals surface area (Å²) in [4.78, 5) is 2.34. The second kappa shape index (κ2) is 6.03. The van der Waals surface area contributed by atoms with E-state index in [4.69, 9.17) is 0 Å². The summed E-state index contributed by atoms with van der Waals surface area (Å²) in [6, 6.07) is 0.532. The van der Waals surface area contributed by atoms with Crippen molar-refractivity contribution in [1.82, 2.24) is 10.2 Å². The van der Waals surface area contributed by atoms with Gasteiger partial charge in [-0.2, -0.15) is 0 Å². The number of rotatable bonds is 5. The maximum absolute atomic E-state index is 3.36. The lowest BCUT2D eigenvalue weighted by molar-refractivity contribution is 0.300. The first kappa shape index (κ1) is 12.5. The summed E-state index contributed by atoms with van der Waals surface area (Å²) in [5.41, 5.74) is 2.75. The van der Waals surface area contributed by atoms with Crippen molar-refractivity contribution < 1.29 is 0 Å². The van der Waals surface area contributed by atoms with Crippen LogP contribution in [-0.4, -0.2) is 31.1 Å². The molecule has 78 valence electrons. The van der Waals surface area contributed by atoms with Gasteiger partial charge in [0.05, 0.1) is 0 Å². The summed E-state index contributed by atoms with van der Waals surface area (Å²) in [7, 11) is 2.16. The fraction of sp³-hybridized carbons (Fsp3) is 0.818. The summed E-state index contributed by atoms with van der Waals surface area (Å²) >= 11 is 0. The first-order valence-electron chi connectivity index (χ1n) is 5.16. The Bertz CT molecular complexity index is 173. The molecule has 0 aromatic carbocycles. The second-order valence-corrected chi connectivity index (χ2v) is 3.59. The van der Waals surface area contributed by atoms with E-state index in [2.05, 4.69) is 51.9 Å². The standard InChI is InChI=1S/C11H24N2/c1-7-12-10(4)9(3)11(5)13(6)8-2/h11-12H,7-8H2,1-6H3/b10-9-. The van der Waals surface area contributed by atoms with Crippen molar-refractivity contribution in [3.63, 3.8) is 0 Å². The van der Waals surface area contributed by atoms with Gasteiger partial charge in [-0.25, -0.2) is 0 Å². The molecule has 0 aromatic heterocycles. The number of allylic oxidation sites excluding steroid dienone is 1. The average Bonchev–Trinajstić information content (AvgIpc) is 2.14. The van der Waals surface area contributed by atoms with Gasteiger partial charge in [-0.05, 0) is 46.9 Å². The molecule has 1 N–H and O–H groups in total. The normalized spacial score (nSPS) is 15.6. The van der Waals surface area contributed by atoms with E-state index in [1.807, 2.05) is 0 Å². The van der Waals surface area contributed by atoms with Crippen LogP contribution in [0.25, 0.3) is 0 Å². The predicted molar refractivity (Wildman–Crippen MR) is 59.8 cm³/mol. The van der Waals surface area contributed by atoms with Gasteiger partial charge < -0.3 is 10.2 Å². The first-order valence-corrected chi connectivity index (χ1v) is 5.16. The molecule has 0 heterocycles. The summed E-state index contributed by atoms with van der Waals surface area (Å²) in [6.45, 7) is 13.0. The molecule has 0 radical (unpaired) electrons. The highest BCUT2D eigenvalue weighted by Crippen LogP contribution is 2.10. The summed E-state index contributed by atoms with van der Waals surface area (Å²) in [5.74, 6) is 0. The molecule has 0 saturated heterocycles. The monoisotopic (exact) mass is 184 g/mol. The van der Waals surface area contributed by atoms with Gasteiger partial charge in [0.2, 0.25) is 0 Å². The molecule has 0 aliphatic heterocycles. The summed E-state index contributed by atoms with van der Waals surface area (Å²) < 4.78 is 0. The lowest BCUT2D eigenvalue weighted by atomic mass is 10.1. The molecule has 0 spiro atoms. The van der Waals surface area contributed by atoms with Gasteiger partial charge >= 0.3 is 0 Å². The summed E-state index contributed by atoms with van der Waals surface area (Å²) in [5, 5.41) is 3.36. The maximum atomic E-state index is 3.36. The Hall–Kier alpha value is -0.500. The zero-order chi connectivity index (χ0) is 10.4. The minimum Gasteiger partial charge on any atom is -0.389 e. The number of likely N-dealkylation sites (N-methyl/N-ethyl adjacent to an activating group) is 1. The van der Waals surface area contributed by atoms with Crippen LogP contribution >= 0.6 is 0 Å². The summed E-state index contributed by atoms with van der Waals surface area (Å²) in [6.07, 6.45) is 0. The Balaban J connectivity index is 4.37. The maximum Gasteiger partial charge on any atom is 0.0293 e. The van der Waals surface area contributed by atoms with E-state index >= 15 is 0 Å². The molecular formula is C11H24N2. The van der Waals surface area contributed by atoms with Crippen molar-refractivity contribution in [2.24, 2.45) is 0 Å². The van der Waals surface area contributed by atoms with E-state index < -0.39 is 0 Å². The van der Waals surface area contributed by atoms with E-state index in [9.17, 15) is 0 Å². The van der Waals surface area contributed by atoms with Crippen molar-refractivity contribution in [3.05, 3.63) is 11.3 Å². The topological polar surface area (TPSA) is 15.3 Å². The molecule has 0 fully saturated rings. The Morgan fingerprint density at radius 2 is 1.85 bits per heavy atom. The quantitative estimate of drug-likeness (QED) is 0.705. The van der Waals surface area contributed by atoms with Crippen LogP contribution in [0.5, 0.6) is 0 Å². The second-order valence-electron chi connectivity index (χ2n) is 3.59. The van der Waals surface area contributed by atoms with Crippen LogP contribution in [0, 0.1) is 0 Å². The molecule has 0 amide bonds. The zero-order valence-corrected chi connectivity index (χ0v) is 9.94. The molecule has 0 aliphatic rings. The smallest absolute Gasteiger partial charge is 0.0293 e. The van der Waals surface area contributed by atoms with E-state index in [1.165, 1.54) is 11.3 Å². The lowest BCUT2D eigenvalue weighted by Crippen LogP contribution is -2.31. The Morgan fingerprint density at radius 1 is 1.31 bits per heavy atom. The average molecular weight is 184 g/mol. The van der Waals surface area contributed by atoms with Gasteiger partial charge in [0, 0.05) is 18.3 Å². The van der Waals surface area contributed by atoms with Crippen LogP contribution in [-0.2, 0) is 0 Å². The van der Waals surface area contributed by atoms with Crippen LogP contribution in [0.1, 0.15) is 34.6 Å². The zero-order valence-electron chi connectivity index (χ0n) is 9.94. The largest absolute Gasteiger partial charge is 0.389 e. The molecule has 2 heteroatoms. The highest BCUT2D eigenvalue weighted by molar-refractivity contribution is 5.13. The highest BCUT2D eigenvalue weighted by Gasteiger charge is 2.10. The fourth-order valence-corrected chi connectivity index (χ4v) is 1.32. The van der Waals surface area contributed by atoms with Gasteiger partial charge in [0.1, 0.15) is 0 Å². The Morgan fingerprint density at radius 3 is 2.23 bits per heavy atom. The molecule has 0 bridgehead atoms. The molecular weight excluding hydrogens is 160 g/mol. The number of nitrogens with one attached hydrogen (secondary N) is 1. The molecule has 0 aromatic rings. The van der Waals surface area contributed by atoms with Gasteiger partial charge in [0.15, 0.2) is 0 Å². The molecule has 0 saturated carbocycles. The molecule has 0 aliphatic carbocycles. The van der Waals surface area contributed by atoms with Crippen molar-refractivity contribution in [3.8, 4) is 0 Å². The molecule has 1 unspecified atom stereocenters. The number of nitrogens with zero attached hydrogens (tertiary/aromatic N) is 1. The van der Waals surface area contributed by atoms with E-state index in [-0.39, 0.29) is 0 Å². The Kier molecular flexibility index (Phi) is 5.80. The van der Waals surface area contributed by atoms with Crippen molar-refractivity contribution >= 4 is 0 Å². The van der Waals surface area contributed by atoms with Gasteiger partial charge in [-0.3, -0.25) is 0 Å². The third-order valence-corrected chi connectivity index (χ3v) is 2.82. The molecule has 13 heavy (non-hydrogen) atoms. The number of hydrogen-bond acceptors (Lipinski definition) is 2. The van der Waals surface area contributed by atoms with E-state index in [0.717, 1.165) is 13.1 Å². The predicted octanol–water partition coefficient (Wildman–Crippen LogP) is 2.23. The van der Waals surface area contributed by atoms with Crippen molar-refractivity contribution in [1.29, 1.82) is 0 Å². The first-order chi connectivity index (χ1) is 6.04. The van der Waals surface area contributed by atoms with E-state index in [0.29, 0.717) is 6.04 Å². The minimum absolute atomic E-state index is 0.532. The Labute approximate surface area is 83.0 Å². The lowest BCUT2D eigenvalue weighted by Gasteiger charge is -2.25.